The van der Waals surface area contributed by atoms with Gasteiger partial charge in [-0.3, -0.25) is 0 Å². The average Bonchev–Trinajstić information content (AvgIpc) is 3.92. The molecule has 0 bridgehead atoms. The van der Waals surface area contributed by atoms with Gasteiger partial charge in [0.25, 0.3) is 0 Å². The fourth-order valence-electron chi connectivity index (χ4n) is 10.5. The van der Waals surface area contributed by atoms with Crippen molar-refractivity contribution in [3.63, 3.8) is 0 Å². The Kier molecular flexibility index (Phi) is 8.72. The van der Waals surface area contributed by atoms with E-state index in [9.17, 15) is 0 Å². The summed E-state index contributed by atoms with van der Waals surface area (Å²) in [5, 5.41) is 4.35. The van der Waals surface area contributed by atoms with Crippen LogP contribution in [0.2, 0.25) is 0 Å². The van der Waals surface area contributed by atoms with Crippen LogP contribution in [-0.2, 0) is 5.41 Å². The standard InChI is InChI=1S/C62H39N3O/c1-5-18-40(19-6-1)59-63-60(41-20-7-2-8-21-41)65-61(64-59)52-29-17-31-57-58(52)53-38-42(33-37-56(53)66-57)46-35-36-47(49-27-14-13-26-48(46)49)43-32-34-51-50-28-15-16-30-54(50)62(55(51)39-43,44-22-9-3-10-23-44)45-24-11-4-12-25-45/h1-39H. The zero-order valence-electron chi connectivity index (χ0n) is 35.8. The summed E-state index contributed by atoms with van der Waals surface area (Å²) in [5.74, 6) is 1.84. The number of aromatic nitrogens is 3. The first-order valence-corrected chi connectivity index (χ1v) is 22.4. The van der Waals surface area contributed by atoms with E-state index in [1.807, 2.05) is 72.8 Å². The van der Waals surface area contributed by atoms with Crippen molar-refractivity contribution in [1.29, 1.82) is 0 Å². The van der Waals surface area contributed by atoms with Gasteiger partial charge in [-0.15, -0.1) is 0 Å². The summed E-state index contributed by atoms with van der Waals surface area (Å²) < 4.78 is 6.57. The van der Waals surface area contributed by atoms with E-state index in [4.69, 9.17) is 19.4 Å². The number of hydrogen-bond donors (Lipinski definition) is 0. The molecule has 0 spiro atoms. The first-order valence-electron chi connectivity index (χ1n) is 22.4. The maximum Gasteiger partial charge on any atom is 0.164 e. The SMILES string of the molecule is c1ccc(-c2nc(-c3ccccc3)nc(-c3cccc4oc5ccc(-c6ccc(-c7ccc8c(c7)C(c7ccccc7)(c7ccccc7)c7ccccc7-8)c7ccccc67)cc5c34)n2)cc1. The van der Waals surface area contributed by atoms with E-state index in [2.05, 4.69) is 164 Å². The van der Waals surface area contributed by atoms with E-state index < -0.39 is 5.41 Å². The van der Waals surface area contributed by atoms with Gasteiger partial charge in [-0.2, -0.15) is 0 Å². The summed E-state index contributed by atoms with van der Waals surface area (Å²) in [6, 6.07) is 84.3. The van der Waals surface area contributed by atoms with Gasteiger partial charge in [-0.1, -0.05) is 212 Å². The van der Waals surface area contributed by atoms with Crippen molar-refractivity contribution in [3.05, 3.63) is 259 Å². The fourth-order valence-corrected chi connectivity index (χ4v) is 10.5. The highest BCUT2D eigenvalue weighted by Crippen LogP contribution is 2.57. The van der Waals surface area contributed by atoms with E-state index >= 15 is 0 Å². The maximum atomic E-state index is 6.57. The van der Waals surface area contributed by atoms with Gasteiger partial charge < -0.3 is 4.42 Å². The summed E-state index contributed by atoms with van der Waals surface area (Å²) in [4.78, 5) is 15.2. The molecule has 1 aliphatic rings. The van der Waals surface area contributed by atoms with Crippen molar-refractivity contribution in [3.8, 4) is 67.5 Å². The van der Waals surface area contributed by atoms with Crippen LogP contribution in [0, 0.1) is 0 Å². The number of nitrogens with zero attached hydrogens (tertiary/aromatic N) is 3. The molecule has 0 unspecified atom stereocenters. The minimum atomic E-state index is -0.477. The molecule has 0 saturated heterocycles. The Morgan fingerprint density at radius 1 is 0.288 bits per heavy atom. The molecule has 12 aromatic rings. The van der Waals surface area contributed by atoms with Gasteiger partial charge >= 0.3 is 0 Å². The summed E-state index contributed by atoms with van der Waals surface area (Å²) in [6.45, 7) is 0. The molecule has 0 saturated carbocycles. The topological polar surface area (TPSA) is 51.8 Å². The van der Waals surface area contributed by atoms with Crippen molar-refractivity contribution >= 4 is 32.7 Å². The largest absolute Gasteiger partial charge is 0.456 e. The van der Waals surface area contributed by atoms with Gasteiger partial charge in [-0.05, 0) is 90.7 Å². The quantitative estimate of drug-likeness (QED) is 0.160. The minimum Gasteiger partial charge on any atom is -0.456 e. The molecule has 0 fully saturated rings. The predicted molar refractivity (Wildman–Crippen MR) is 269 cm³/mol. The zero-order chi connectivity index (χ0) is 43.6. The molecule has 66 heavy (non-hydrogen) atoms. The van der Waals surface area contributed by atoms with E-state index in [-0.39, 0.29) is 0 Å². The molecule has 308 valence electrons. The molecule has 10 aromatic carbocycles. The van der Waals surface area contributed by atoms with Crippen LogP contribution in [0.4, 0.5) is 0 Å². The zero-order valence-corrected chi connectivity index (χ0v) is 35.8. The Bertz CT molecular complexity index is 3710. The monoisotopic (exact) mass is 841 g/mol. The second-order valence-electron chi connectivity index (χ2n) is 17.0. The number of rotatable bonds is 7. The third-order valence-electron chi connectivity index (χ3n) is 13.4. The van der Waals surface area contributed by atoms with Crippen LogP contribution in [0.3, 0.4) is 0 Å². The van der Waals surface area contributed by atoms with E-state index in [1.165, 1.54) is 55.3 Å². The predicted octanol–water partition coefficient (Wildman–Crippen LogP) is 15.6. The molecule has 4 heteroatoms. The van der Waals surface area contributed by atoms with E-state index in [0.717, 1.165) is 49.8 Å². The molecule has 4 nitrogen and oxygen atoms in total. The lowest BCUT2D eigenvalue weighted by Gasteiger charge is -2.34. The van der Waals surface area contributed by atoms with Crippen LogP contribution in [0.1, 0.15) is 22.3 Å². The molecular formula is C62H39N3O. The normalized spacial score (nSPS) is 12.7. The fraction of sp³-hybridized carbons (Fsp3) is 0.0161. The van der Waals surface area contributed by atoms with Gasteiger partial charge in [0.1, 0.15) is 11.2 Å². The van der Waals surface area contributed by atoms with Gasteiger partial charge in [0.15, 0.2) is 17.5 Å². The first-order chi connectivity index (χ1) is 32.7. The Morgan fingerprint density at radius 2 is 0.773 bits per heavy atom. The summed E-state index contributed by atoms with van der Waals surface area (Å²) >= 11 is 0. The molecule has 0 radical (unpaired) electrons. The third-order valence-corrected chi connectivity index (χ3v) is 13.4. The van der Waals surface area contributed by atoms with Crippen molar-refractivity contribution in [1.82, 2.24) is 15.0 Å². The molecule has 0 atom stereocenters. The lowest BCUT2D eigenvalue weighted by Crippen LogP contribution is -2.28. The lowest BCUT2D eigenvalue weighted by atomic mass is 9.67. The van der Waals surface area contributed by atoms with Gasteiger partial charge in [0.2, 0.25) is 0 Å². The van der Waals surface area contributed by atoms with Crippen molar-refractivity contribution in [2.45, 2.75) is 5.41 Å². The van der Waals surface area contributed by atoms with Crippen LogP contribution in [0.25, 0.3) is 100 Å². The third kappa shape index (κ3) is 5.89. The number of hydrogen-bond acceptors (Lipinski definition) is 4. The van der Waals surface area contributed by atoms with Crippen molar-refractivity contribution in [2.24, 2.45) is 0 Å². The van der Waals surface area contributed by atoms with Crippen LogP contribution in [-0.4, -0.2) is 15.0 Å². The van der Waals surface area contributed by atoms with Crippen LogP contribution in [0.5, 0.6) is 0 Å². The van der Waals surface area contributed by atoms with E-state index in [1.54, 1.807) is 0 Å². The molecular weight excluding hydrogens is 803 g/mol. The van der Waals surface area contributed by atoms with Crippen molar-refractivity contribution in [2.75, 3.05) is 0 Å². The first kappa shape index (κ1) is 37.8. The maximum absolute atomic E-state index is 6.57. The van der Waals surface area contributed by atoms with Crippen molar-refractivity contribution < 1.29 is 4.42 Å². The average molecular weight is 842 g/mol. The molecule has 0 N–H and O–H groups in total. The van der Waals surface area contributed by atoms with Crippen LogP contribution in [0.15, 0.2) is 241 Å². The summed E-state index contributed by atoms with van der Waals surface area (Å²) in [7, 11) is 0. The van der Waals surface area contributed by atoms with Gasteiger partial charge in [0, 0.05) is 27.5 Å². The molecule has 0 amide bonds. The van der Waals surface area contributed by atoms with Crippen LogP contribution >= 0.6 is 0 Å². The van der Waals surface area contributed by atoms with E-state index in [0.29, 0.717) is 17.5 Å². The van der Waals surface area contributed by atoms with Crippen LogP contribution < -0.4 is 0 Å². The minimum absolute atomic E-state index is 0.477. The molecule has 2 aromatic heterocycles. The Morgan fingerprint density at radius 3 is 1.41 bits per heavy atom. The van der Waals surface area contributed by atoms with Gasteiger partial charge in [0.05, 0.1) is 5.41 Å². The number of fused-ring (bicyclic) bond motifs is 7. The number of furan rings is 1. The van der Waals surface area contributed by atoms with Gasteiger partial charge in [-0.25, -0.2) is 15.0 Å². The molecule has 1 aliphatic carbocycles. The molecule has 13 rings (SSSR count). The highest BCUT2D eigenvalue weighted by atomic mass is 16.3. The Hall–Kier alpha value is -8.73. The Balaban J connectivity index is 0.970. The Labute approximate surface area is 382 Å². The second kappa shape index (κ2) is 15.2. The second-order valence-corrected chi connectivity index (χ2v) is 17.0. The molecule has 2 heterocycles. The highest BCUT2D eigenvalue weighted by Gasteiger charge is 2.46. The highest BCUT2D eigenvalue weighted by molar-refractivity contribution is 6.14. The smallest absolute Gasteiger partial charge is 0.164 e. The number of benzene rings is 10. The molecule has 0 aliphatic heterocycles. The summed E-state index contributed by atoms with van der Waals surface area (Å²) in [5.41, 5.74) is 16.2. The summed E-state index contributed by atoms with van der Waals surface area (Å²) in [6.07, 6.45) is 0. The lowest BCUT2D eigenvalue weighted by molar-refractivity contribution is 0.669.